The van der Waals surface area contributed by atoms with Crippen molar-refractivity contribution in [2.75, 3.05) is 31.1 Å². The lowest BCUT2D eigenvalue weighted by Gasteiger charge is -2.31. The van der Waals surface area contributed by atoms with Gasteiger partial charge in [-0.05, 0) is 67.6 Å². The molecule has 0 aliphatic carbocycles. The Kier molecular flexibility index (Phi) is 12.3. The minimum atomic E-state index is -3.77. The van der Waals surface area contributed by atoms with Gasteiger partial charge in [0.1, 0.15) is 5.82 Å². The zero-order chi connectivity index (χ0) is 29.8. The quantitative estimate of drug-likeness (QED) is 0.228. The Labute approximate surface area is 244 Å². The van der Waals surface area contributed by atoms with Crippen LogP contribution in [0.15, 0.2) is 83.8 Å². The minimum Gasteiger partial charge on any atom is -0.395 e. The summed E-state index contributed by atoms with van der Waals surface area (Å²) in [6.45, 7) is 6.75. The van der Waals surface area contributed by atoms with Gasteiger partial charge in [0, 0.05) is 31.4 Å². The third kappa shape index (κ3) is 9.95. The molecule has 0 aliphatic heterocycles. The van der Waals surface area contributed by atoms with Crippen molar-refractivity contribution in [1.82, 2.24) is 9.62 Å². The number of unbranched alkanes of at least 4 members (excludes halogenated alkanes) is 1. The van der Waals surface area contributed by atoms with E-state index < -0.39 is 16.1 Å². The number of hydrogen-bond acceptors (Lipinski definition) is 5. The topological polar surface area (TPSA) is 90.0 Å². The number of nitrogens with one attached hydrogen (secondary N) is 1. The van der Waals surface area contributed by atoms with E-state index >= 15 is 0 Å². The Morgan fingerprint density at radius 1 is 0.976 bits per heavy atom. The molecule has 0 fully saturated rings. The minimum absolute atomic E-state index is 0.0866. The predicted octanol–water partition coefficient (Wildman–Crippen LogP) is 5.14. The monoisotopic (exact) mass is 583 g/mol. The fourth-order valence-electron chi connectivity index (χ4n) is 4.67. The number of aliphatic hydroxyl groups excluding tert-OH is 1. The Morgan fingerprint density at radius 3 is 2.32 bits per heavy atom. The first-order valence-electron chi connectivity index (χ1n) is 14.1. The summed E-state index contributed by atoms with van der Waals surface area (Å²) in [6.07, 6.45) is 1.74. The molecule has 7 nitrogen and oxygen atoms in total. The number of nitrogens with zero attached hydrogens (tertiary/aromatic N) is 2. The molecule has 0 aromatic heterocycles. The maximum absolute atomic E-state index is 13.7. The van der Waals surface area contributed by atoms with Gasteiger partial charge in [0.15, 0.2) is 0 Å². The van der Waals surface area contributed by atoms with Crippen LogP contribution in [0.1, 0.15) is 44.2 Å². The van der Waals surface area contributed by atoms with Crippen molar-refractivity contribution in [3.05, 3.63) is 95.8 Å². The molecule has 0 saturated carbocycles. The zero-order valence-corrected chi connectivity index (χ0v) is 25.0. The molecule has 222 valence electrons. The maximum atomic E-state index is 13.7. The molecule has 0 saturated heterocycles. The van der Waals surface area contributed by atoms with Crippen molar-refractivity contribution in [1.29, 1.82) is 0 Å². The molecule has 0 heterocycles. The number of anilines is 1. The van der Waals surface area contributed by atoms with E-state index in [1.54, 1.807) is 30.3 Å². The molecule has 0 spiro atoms. The standard InChI is InChI=1S/C32H42FN3O4S/c1-25(2)21-36(41(39,40)31-17-15-26(3)16-18-31)30(24-37)14-7-8-19-34-32(38)23-35(29-12-5-4-6-13-29)22-27-10-9-11-28(33)20-27/h4-6,9-13,15-18,20,25,30,37H,7-8,14,19,21-24H2,1-3H3,(H,34,38)/t30-/m0/s1. The predicted molar refractivity (Wildman–Crippen MR) is 162 cm³/mol. The average molecular weight is 584 g/mol. The second-order valence-corrected chi connectivity index (χ2v) is 12.7. The van der Waals surface area contributed by atoms with Crippen LogP contribution in [0.5, 0.6) is 0 Å². The van der Waals surface area contributed by atoms with Gasteiger partial charge >= 0.3 is 0 Å². The first kappa shape index (κ1) is 32.2. The number of hydrogen-bond donors (Lipinski definition) is 2. The molecule has 3 rings (SSSR count). The van der Waals surface area contributed by atoms with E-state index in [2.05, 4.69) is 5.32 Å². The number of para-hydroxylation sites is 1. The first-order valence-corrected chi connectivity index (χ1v) is 15.5. The van der Waals surface area contributed by atoms with Gasteiger partial charge < -0.3 is 15.3 Å². The van der Waals surface area contributed by atoms with E-state index in [1.165, 1.54) is 16.4 Å². The van der Waals surface area contributed by atoms with Crippen LogP contribution in [-0.2, 0) is 21.4 Å². The van der Waals surface area contributed by atoms with Crippen LogP contribution in [0.25, 0.3) is 0 Å². The molecular formula is C32H42FN3O4S. The largest absolute Gasteiger partial charge is 0.395 e. The summed E-state index contributed by atoms with van der Waals surface area (Å²) in [5.74, 6) is -0.393. The van der Waals surface area contributed by atoms with Crippen molar-refractivity contribution in [3.8, 4) is 0 Å². The van der Waals surface area contributed by atoms with Gasteiger partial charge in [-0.1, -0.05) is 68.3 Å². The molecule has 2 N–H and O–H groups in total. The van der Waals surface area contributed by atoms with Crippen LogP contribution in [-0.4, -0.2) is 56.0 Å². The Morgan fingerprint density at radius 2 is 1.68 bits per heavy atom. The lowest BCUT2D eigenvalue weighted by atomic mass is 10.1. The zero-order valence-electron chi connectivity index (χ0n) is 24.2. The van der Waals surface area contributed by atoms with Crippen LogP contribution in [0.2, 0.25) is 0 Å². The summed E-state index contributed by atoms with van der Waals surface area (Å²) in [5.41, 5.74) is 2.60. The fraction of sp³-hybridized carbons (Fsp3) is 0.406. The Balaban J connectivity index is 1.55. The molecule has 0 bridgehead atoms. The van der Waals surface area contributed by atoms with Crippen molar-refractivity contribution >= 4 is 21.6 Å². The van der Waals surface area contributed by atoms with Crippen LogP contribution >= 0.6 is 0 Å². The normalized spacial score (nSPS) is 12.5. The lowest BCUT2D eigenvalue weighted by Crippen LogP contribution is -2.44. The molecule has 0 unspecified atom stereocenters. The molecule has 1 atom stereocenters. The Hall–Kier alpha value is -3.27. The van der Waals surface area contributed by atoms with Crippen LogP contribution in [0, 0.1) is 18.7 Å². The number of benzene rings is 3. The molecule has 0 radical (unpaired) electrons. The number of aryl methyl sites for hydroxylation is 1. The summed E-state index contributed by atoms with van der Waals surface area (Å²) in [6, 6.07) is 22.1. The van der Waals surface area contributed by atoms with Crippen LogP contribution in [0.4, 0.5) is 10.1 Å². The van der Waals surface area contributed by atoms with Gasteiger partial charge in [-0.2, -0.15) is 4.31 Å². The highest BCUT2D eigenvalue weighted by Crippen LogP contribution is 2.23. The summed E-state index contributed by atoms with van der Waals surface area (Å²) in [4.78, 5) is 14.9. The van der Waals surface area contributed by atoms with Gasteiger partial charge in [0.25, 0.3) is 0 Å². The number of carbonyl (C=O) groups excluding carboxylic acids is 1. The molecule has 1 amide bonds. The SMILES string of the molecule is Cc1ccc(S(=O)(=O)N(CC(C)C)[C@H](CO)CCCCNC(=O)CN(Cc2cccc(F)c2)c2ccccc2)cc1. The van der Waals surface area contributed by atoms with E-state index in [9.17, 15) is 22.7 Å². The van der Waals surface area contributed by atoms with Gasteiger partial charge in [-0.25, -0.2) is 12.8 Å². The van der Waals surface area contributed by atoms with E-state index in [4.69, 9.17) is 0 Å². The molecular weight excluding hydrogens is 541 g/mol. The van der Waals surface area contributed by atoms with E-state index in [0.29, 0.717) is 38.9 Å². The molecule has 3 aromatic carbocycles. The third-order valence-corrected chi connectivity index (χ3v) is 8.73. The van der Waals surface area contributed by atoms with Crippen molar-refractivity contribution < 1.29 is 22.7 Å². The summed E-state index contributed by atoms with van der Waals surface area (Å²) < 4.78 is 42.1. The van der Waals surface area contributed by atoms with E-state index in [-0.39, 0.29) is 35.7 Å². The summed E-state index contributed by atoms with van der Waals surface area (Å²) >= 11 is 0. The van der Waals surface area contributed by atoms with Crippen molar-refractivity contribution in [2.24, 2.45) is 5.92 Å². The summed E-state index contributed by atoms with van der Waals surface area (Å²) in [5, 5.41) is 13.1. The highest BCUT2D eigenvalue weighted by Gasteiger charge is 2.31. The highest BCUT2D eigenvalue weighted by molar-refractivity contribution is 7.89. The van der Waals surface area contributed by atoms with Gasteiger partial charge in [-0.15, -0.1) is 0 Å². The molecule has 0 aliphatic rings. The number of sulfonamides is 1. The van der Waals surface area contributed by atoms with Gasteiger partial charge in [0.05, 0.1) is 18.0 Å². The lowest BCUT2D eigenvalue weighted by molar-refractivity contribution is -0.119. The number of carbonyl (C=O) groups is 1. The highest BCUT2D eigenvalue weighted by atomic mass is 32.2. The second kappa shape index (κ2) is 15.7. The molecule has 3 aromatic rings. The Bertz CT molecular complexity index is 1330. The third-order valence-electron chi connectivity index (χ3n) is 6.80. The van der Waals surface area contributed by atoms with E-state index in [0.717, 1.165) is 16.8 Å². The van der Waals surface area contributed by atoms with Crippen LogP contribution < -0.4 is 10.2 Å². The summed E-state index contributed by atoms with van der Waals surface area (Å²) in [7, 11) is -3.77. The smallest absolute Gasteiger partial charge is 0.243 e. The van der Waals surface area contributed by atoms with Crippen molar-refractivity contribution in [3.63, 3.8) is 0 Å². The number of halogens is 1. The average Bonchev–Trinajstić information content (AvgIpc) is 2.94. The number of rotatable bonds is 16. The van der Waals surface area contributed by atoms with Crippen LogP contribution in [0.3, 0.4) is 0 Å². The van der Waals surface area contributed by atoms with E-state index in [1.807, 2.05) is 62.1 Å². The second-order valence-electron chi connectivity index (χ2n) is 10.8. The first-order chi connectivity index (χ1) is 19.6. The number of amides is 1. The molecule has 41 heavy (non-hydrogen) atoms. The fourth-order valence-corrected chi connectivity index (χ4v) is 6.48. The van der Waals surface area contributed by atoms with Gasteiger partial charge in [-0.3, -0.25) is 4.79 Å². The van der Waals surface area contributed by atoms with Gasteiger partial charge in [0.2, 0.25) is 15.9 Å². The maximum Gasteiger partial charge on any atom is 0.243 e. The molecule has 9 heteroatoms. The number of aliphatic hydroxyl groups is 1. The van der Waals surface area contributed by atoms with Crippen molar-refractivity contribution in [2.45, 2.75) is 57.5 Å².